The Morgan fingerprint density at radius 1 is 1.16 bits per heavy atom. The second-order valence-electron chi connectivity index (χ2n) is 6.00. The van der Waals surface area contributed by atoms with Crippen LogP contribution in [-0.4, -0.2) is 22.4 Å². The minimum Gasteiger partial charge on any atom is -0.368 e. The minimum absolute atomic E-state index is 0.345. The van der Waals surface area contributed by atoms with E-state index in [0.717, 1.165) is 17.5 Å². The van der Waals surface area contributed by atoms with Crippen LogP contribution in [0.25, 0.3) is 27.9 Å². The number of carbonyl (C=O) groups excluding carboxylic acids is 2. The number of hydrogen-bond acceptors (Lipinski definition) is 2. The molecule has 3 aromatic rings. The Morgan fingerprint density at radius 2 is 1.88 bits per heavy atom. The van der Waals surface area contributed by atoms with Gasteiger partial charge < -0.3 is 15.6 Å². The van der Waals surface area contributed by atoms with Crippen molar-refractivity contribution in [2.45, 2.75) is 26.4 Å². The third kappa shape index (κ3) is 3.26. The van der Waals surface area contributed by atoms with Gasteiger partial charge in [0.1, 0.15) is 6.04 Å². The van der Waals surface area contributed by atoms with E-state index in [4.69, 9.17) is 5.73 Å². The van der Waals surface area contributed by atoms with Crippen molar-refractivity contribution < 1.29 is 9.59 Å². The number of carbonyl (C=O) groups is 2. The number of nitrogens with two attached hydrogens (primary N) is 1. The number of hydrogen-bond donors (Lipinski definition) is 2. The van der Waals surface area contributed by atoms with Gasteiger partial charge in [0.05, 0.1) is 0 Å². The third-order valence-corrected chi connectivity index (χ3v) is 4.33. The van der Waals surface area contributed by atoms with E-state index in [0.29, 0.717) is 0 Å². The molecular weight excluding hydrogens is 314 g/mol. The Morgan fingerprint density at radius 3 is 2.60 bits per heavy atom. The first-order chi connectivity index (χ1) is 12.0. The van der Waals surface area contributed by atoms with E-state index in [1.54, 1.807) is 13.0 Å². The lowest BCUT2D eigenvalue weighted by molar-refractivity contribution is -0.124. The number of para-hydroxylation sites is 1. The summed E-state index contributed by atoms with van der Waals surface area (Å²) < 4.78 is 2.28. The standard InChI is InChI=1S/C20H21N3O2/c1-3-23-17-7-5-4-6-15(17)16-12-14(8-10-18(16)23)9-11-19(24)22-13(2)20(21)25/h4-13H,3H2,1-2H3,(H2,21,25)(H,22,24)/b11-9+/t13-/m1/s1. The van der Waals surface area contributed by atoms with Gasteiger partial charge in [0.15, 0.2) is 0 Å². The van der Waals surface area contributed by atoms with Crippen molar-refractivity contribution in [2.24, 2.45) is 5.73 Å². The quantitative estimate of drug-likeness (QED) is 0.703. The van der Waals surface area contributed by atoms with Crippen LogP contribution >= 0.6 is 0 Å². The van der Waals surface area contributed by atoms with Crippen molar-refractivity contribution in [3.63, 3.8) is 0 Å². The summed E-state index contributed by atoms with van der Waals surface area (Å²) in [7, 11) is 0. The predicted octanol–water partition coefficient (Wildman–Crippen LogP) is 2.82. The molecule has 2 amide bonds. The molecule has 0 aliphatic heterocycles. The molecule has 3 N–H and O–H groups in total. The summed E-state index contributed by atoms with van der Waals surface area (Å²) in [6.45, 7) is 4.58. The second-order valence-corrected chi connectivity index (χ2v) is 6.00. The summed E-state index contributed by atoms with van der Waals surface area (Å²) in [6.07, 6.45) is 3.15. The number of primary amides is 1. The van der Waals surface area contributed by atoms with E-state index in [1.165, 1.54) is 22.5 Å². The first-order valence-corrected chi connectivity index (χ1v) is 8.30. The number of aromatic nitrogens is 1. The largest absolute Gasteiger partial charge is 0.368 e. The van der Waals surface area contributed by atoms with E-state index in [9.17, 15) is 9.59 Å². The van der Waals surface area contributed by atoms with E-state index in [-0.39, 0.29) is 5.91 Å². The molecule has 2 aromatic carbocycles. The molecule has 5 heteroatoms. The van der Waals surface area contributed by atoms with Gasteiger partial charge in [-0.2, -0.15) is 0 Å². The number of amides is 2. The van der Waals surface area contributed by atoms with Crippen molar-refractivity contribution in [1.29, 1.82) is 0 Å². The summed E-state index contributed by atoms with van der Waals surface area (Å²) in [5.41, 5.74) is 8.44. The number of nitrogens with zero attached hydrogens (tertiary/aromatic N) is 1. The van der Waals surface area contributed by atoms with Crippen LogP contribution in [0.3, 0.4) is 0 Å². The van der Waals surface area contributed by atoms with Gasteiger partial charge in [-0.25, -0.2) is 0 Å². The van der Waals surface area contributed by atoms with E-state index < -0.39 is 11.9 Å². The molecule has 0 saturated heterocycles. The van der Waals surface area contributed by atoms with Gasteiger partial charge in [-0.1, -0.05) is 24.3 Å². The lowest BCUT2D eigenvalue weighted by Crippen LogP contribution is -2.41. The molecule has 0 radical (unpaired) electrons. The highest BCUT2D eigenvalue weighted by molar-refractivity contribution is 6.08. The van der Waals surface area contributed by atoms with E-state index in [1.807, 2.05) is 18.2 Å². The Kier molecular flexibility index (Phi) is 4.57. The highest BCUT2D eigenvalue weighted by atomic mass is 16.2. The molecule has 1 heterocycles. The molecule has 0 aliphatic rings. The van der Waals surface area contributed by atoms with Crippen LogP contribution < -0.4 is 11.1 Å². The van der Waals surface area contributed by atoms with Crippen LogP contribution in [0.4, 0.5) is 0 Å². The highest BCUT2D eigenvalue weighted by Crippen LogP contribution is 2.29. The fourth-order valence-electron chi connectivity index (χ4n) is 3.02. The fourth-order valence-corrected chi connectivity index (χ4v) is 3.02. The Balaban J connectivity index is 1.94. The number of benzene rings is 2. The molecule has 0 fully saturated rings. The molecule has 0 unspecified atom stereocenters. The monoisotopic (exact) mass is 335 g/mol. The molecule has 25 heavy (non-hydrogen) atoms. The van der Waals surface area contributed by atoms with Gasteiger partial charge >= 0.3 is 0 Å². The van der Waals surface area contributed by atoms with Crippen LogP contribution in [0.5, 0.6) is 0 Å². The maximum Gasteiger partial charge on any atom is 0.244 e. The first-order valence-electron chi connectivity index (χ1n) is 8.30. The average molecular weight is 335 g/mol. The Hall–Kier alpha value is -3.08. The molecule has 1 aromatic heterocycles. The number of nitrogens with one attached hydrogen (secondary N) is 1. The third-order valence-electron chi connectivity index (χ3n) is 4.33. The van der Waals surface area contributed by atoms with E-state index >= 15 is 0 Å². The SMILES string of the molecule is CCn1c2ccccc2c2cc(/C=C/C(=O)N[C@H](C)C(N)=O)ccc21. The average Bonchev–Trinajstić information content (AvgIpc) is 2.93. The zero-order chi connectivity index (χ0) is 18.0. The summed E-state index contributed by atoms with van der Waals surface area (Å²) >= 11 is 0. The van der Waals surface area contributed by atoms with Gasteiger partial charge in [0, 0.05) is 34.4 Å². The van der Waals surface area contributed by atoms with Gasteiger partial charge in [0.2, 0.25) is 11.8 Å². The minimum atomic E-state index is -0.692. The lowest BCUT2D eigenvalue weighted by Gasteiger charge is -2.07. The van der Waals surface area contributed by atoms with Crippen molar-refractivity contribution in [2.75, 3.05) is 0 Å². The van der Waals surface area contributed by atoms with Gasteiger partial charge in [-0.15, -0.1) is 0 Å². The highest BCUT2D eigenvalue weighted by Gasteiger charge is 2.11. The zero-order valence-electron chi connectivity index (χ0n) is 14.3. The van der Waals surface area contributed by atoms with Gasteiger partial charge in [-0.05, 0) is 43.7 Å². The number of fused-ring (bicyclic) bond motifs is 3. The molecule has 0 saturated carbocycles. The zero-order valence-corrected chi connectivity index (χ0v) is 14.3. The molecule has 1 atom stereocenters. The predicted molar refractivity (Wildman–Crippen MR) is 101 cm³/mol. The summed E-state index contributed by atoms with van der Waals surface area (Å²) in [5, 5.41) is 4.88. The van der Waals surface area contributed by atoms with Crippen molar-refractivity contribution >= 4 is 39.7 Å². The van der Waals surface area contributed by atoms with Crippen LogP contribution in [0, 0.1) is 0 Å². The molecule has 128 valence electrons. The van der Waals surface area contributed by atoms with Gasteiger partial charge in [0.25, 0.3) is 0 Å². The lowest BCUT2D eigenvalue weighted by atomic mass is 10.1. The number of aryl methyl sites for hydroxylation is 1. The first kappa shape index (κ1) is 16.8. The second kappa shape index (κ2) is 6.81. The van der Waals surface area contributed by atoms with Crippen LogP contribution in [-0.2, 0) is 16.1 Å². The Labute approximate surface area is 146 Å². The maximum absolute atomic E-state index is 11.8. The molecule has 0 spiro atoms. The van der Waals surface area contributed by atoms with Crippen LogP contribution in [0.1, 0.15) is 19.4 Å². The molecular formula is C20H21N3O2. The molecule has 3 rings (SSSR count). The molecule has 0 bridgehead atoms. The molecule has 5 nitrogen and oxygen atoms in total. The van der Waals surface area contributed by atoms with E-state index in [2.05, 4.69) is 41.1 Å². The topological polar surface area (TPSA) is 77.1 Å². The summed E-state index contributed by atoms with van der Waals surface area (Å²) in [4.78, 5) is 22.8. The van der Waals surface area contributed by atoms with Crippen molar-refractivity contribution in [3.05, 3.63) is 54.1 Å². The molecule has 0 aliphatic carbocycles. The van der Waals surface area contributed by atoms with Crippen molar-refractivity contribution in [1.82, 2.24) is 9.88 Å². The normalized spacial score (nSPS) is 12.7. The van der Waals surface area contributed by atoms with Crippen LogP contribution in [0.15, 0.2) is 48.5 Å². The summed E-state index contributed by atoms with van der Waals surface area (Å²) in [6, 6.07) is 13.7. The van der Waals surface area contributed by atoms with Gasteiger partial charge in [-0.3, -0.25) is 9.59 Å². The smallest absolute Gasteiger partial charge is 0.244 e. The number of rotatable bonds is 5. The summed E-state index contributed by atoms with van der Waals surface area (Å²) in [5.74, 6) is -0.905. The van der Waals surface area contributed by atoms with Crippen molar-refractivity contribution in [3.8, 4) is 0 Å². The van der Waals surface area contributed by atoms with Crippen LogP contribution in [0.2, 0.25) is 0 Å². The maximum atomic E-state index is 11.8. The Bertz CT molecular complexity index is 985. The fraction of sp³-hybridized carbons (Fsp3) is 0.200.